The van der Waals surface area contributed by atoms with E-state index in [1.54, 1.807) is 0 Å². The van der Waals surface area contributed by atoms with Gasteiger partial charge in [0.2, 0.25) is 5.91 Å². The van der Waals surface area contributed by atoms with Crippen molar-refractivity contribution in [2.45, 2.75) is 6.42 Å². The molecule has 0 aromatic carbocycles. The zero-order chi connectivity index (χ0) is 9.40. The molecule has 0 bridgehead atoms. The second kappa shape index (κ2) is 7.36. The van der Waals surface area contributed by atoms with Crippen molar-refractivity contribution in [2.75, 3.05) is 11.9 Å². The molecule has 5 heteroatoms. The van der Waals surface area contributed by atoms with Crippen LogP contribution in [0.5, 0.6) is 0 Å². The summed E-state index contributed by atoms with van der Waals surface area (Å²) in [4.78, 5) is 21.1. The van der Waals surface area contributed by atoms with Crippen LogP contribution >= 0.6 is 28.6 Å². The highest BCUT2D eigenvalue weighted by Gasteiger charge is 1.93. The fourth-order valence-corrected chi connectivity index (χ4v) is 0.800. The zero-order valence-electron chi connectivity index (χ0n) is 6.42. The summed E-state index contributed by atoms with van der Waals surface area (Å²) >= 11 is 6.71. The number of hydrogen-bond acceptors (Lipinski definition) is 2. The summed E-state index contributed by atoms with van der Waals surface area (Å²) < 4.78 is 0. The van der Waals surface area contributed by atoms with E-state index in [0.717, 1.165) is 5.33 Å². The van der Waals surface area contributed by atoms with Gasteiger partial charge in [-0.15, -0.1) is 12.6 Å². The van der Waals surface area contributed by atoms with Gasteiger partial charge in [0.1, 0.15) is 0 Å². The van der Waals surface area contributed by atoms with Gasteiger partial charge in [-0.05, 0) is 6.08 Å². The molecule has 0 atom stereocenters. The van der Waals surface area contributed by atoms with Crippen LogP contribution in [0.1, 0.15) is 6.42 Å². The van der Waals surface area contributed by atoms with Gasteiger partial charge >= 0.3 is 0 Å². The number of hydrogen-bond donors (Lipinski definition) is 2. The van der Waals surface area contributed by atoms with Crippen LogP contribution in [0.4, 0.5) is 0 Å². The molecule has 0 aliphatic heterocycles. The van der Waals surface area contributed by atoms with Gasteiger partial charge in [0.15, 0.2) is 5.12 Å². The lowest BCUT2D eigenvalue weighted by atomic mass is 10.4. The Hall–Kier alpha value is -0.290. The fourth-order valence-electron chi connectivity index (χ4n) is 0.496. The number of allylic oxidation sites excluding steroid dienone is 1. The molecule has 0 aliphatic carbocycles. The number of amides is 1. The van der Waals surface area contributed by atoms with E-state index in [1.807, 2.05) is 0 Å². The number of thiol groups is 1. The lowest BCUT2D eigenvalue weighted by molar-refractivity contribution is -0.116. The van der Waals surface area contributed by atoms with Gasteiger partial charge in [-0.3, -0.25) is 9.59 Å². The van der Waals surface area contributed by atoms with Crippen LogP contribution in [0.2, 0.25) is 0 Å². The SMILES string of the molecule is O=C(S)CC=CC(=O)NCCBr. The van der Waals surface area contributed by atoms with Crippen molar-refractivity contribution in [3.8, 4) is 0 Å². The fraction of sp³-hybridized carbons (Fsp3) is 0.429. The molecule has 0 aromatic heterocycles. The predicted octanol–water partition coefficient (Wildman–Crippen LogP) is 0.900. The maximum absolute atomic E-state index is 10.8. The Morgan fingerprint density at radius 1 is 1.50 bits per heavy atom. The van der Waals surface area contributed by atoms with Crippen LogP contribution in [-0.2, 0) is 9.59 Å². The van der Waals surface area contributed by atoms with Crippen LogP contribution < -0.4 is 5.32 Å². The summed E-state index contributed by atoms with van der Waals surface area (Å²) in [6.07, 6.45) is 3.00. The van der Waals surface area contributed by atoms with Gasteiger partial charge in [-0.25, -0.2) is 0 Å². The molecule has 0 fully saturated rings. The highest BCUT2D eigenvalue weighted by Crippen LogP contribution is 1.89. The minimum atomic E-state index is -0.250. The van der Waals surface area contributed by atoms with Gasteiger partial charge in [-0.2, -0.15) is 0 Å². The molecule has 1 amide bonds. The molecule has 0 aromatic rings. The lowest BCUT2D eigenvalue weighted by Crippen LogP contribution is -2.22. The van der Waals surface area contributed by atoms with Crippen LogP contribution in [-0.4, -0.2) is 22.9 Å². The van der Waals surface area contributed by atoms with E-state index in [-0.39, 0.29) is 17.4 Å². The third-order valence-electron chi connectivity index (χ3n) is 0.955. The number of halogens is 1. The number of rotatable bonds is 5. The van der Waals surface area contributed by atoms with Crippen molar-refractivity contribution in [1.29, 1.82) is 0 Å². The number of nitrogens with one attached hydrogen (secondary N) is 1. The van der Waals surface area contributed by atoms with Crippen molar-refractivity contribution in [3.63, 3.8) is 0 Å². The maximum Gasteiger partial charge on any atom is 0.243 e. The second-order valence-electron chi connectivity index (χ2n) is 1.98. The van der Waals surface area contributed by atoms with E-state index < -0.39 is 0 Å². The molecular formula is C7H10BrNO2S. The first-order valence-corrected chi connectivity index (χ1v) is 4.96. The molecule has 0 saturated heterocycles. The minimum absolute atomic E-state index is 0.185. The highest BCUT2D eigenvalue weighted by molar-refractivity contribution is 9.09. The van der Waals surface area contributed by atoms with E-state index in [1.165, 1.54) is 12.2 Å². The first-order chi connectivity index (χ1) is 5.66. The molecule has 0 radical (unpaired) electrons. The van der Waals surface area contributed by atoms with Gasteiger partial charge < -0.3 is 5.32 Å². The number of carbonyl (C=O) groups excluding carboxylic acids is 2. The van der Waals surface area contributed by atoms with Gasteiger partial charge in [0, 0.05) is 18.3 Å². The summed E-state index contributed by atoms with van der Waals surface area (Å²) in [6.45, 7) is 0.581. The van der Waals surface area contributed by atoms with Crippen molar-refractivity contribution in [3.05, 3.63) is 12.2 Å². The number of carbonyl (C=O) groups is 2. The smallest absolute Gasteiger partial charge is 0.243 e. The first kappa shape index (κ1) is 11.7. The molecule has 3 nitrogen and oxygen atoms in total. The molecule has 0 rings (SSSR count). The Bertz CT molecular complexity index is 194. The molecule has 0 aliphatic rings. The van der Waals surface area contributed by atoms with E-state index >= 15 is 0 Å². The third kappa shape index (κ3) is 7.81. The molecule has 0 heterocycles. The molecule has 1 N–H and O–H groups in total. The molecule has 0 saturated carbocycles. The van der Waals surface area contributed by atoms with Crippen molar-refractivity contribution < 1.29 is 9.59 Å². The summed E-state index contributed by atoms with van der Waals surface area (Å²) in [7, 11) is 0. The molecule has 0 spiro atoms. The summed E-state index contributed by atoms with van der Waals surface area (Å²) in [5, 5.41) is 3.07. The van der Waals surface area contributed by atoms with E-state index in [4.69, 9.17) is 0 Å². The summed E-state index contributed by atoms with van der Waals surface area (Å²) in [6, 6.07) is 0. The zero-order valence-corrected chi connectivity index (χ0v) is 8.90. The Kier molecular flexibility index (Phi) is 7.19. The quantitative estimate of drug-likeness (QED) is 0.434. The maximum atomic E-state index is 10.8. The average molecular weight is 252 g/mol. The van der Waals surface area contributed by atoms with Crippen LogP contribution in [0, 0.1) is 0 Å². The van der Waals surface area contributed by atoms with Gasteiger partial charge in [0.25, 0.3) is 0 Å². The molecule has 68 valence electrons. The van der Waals surface area contributed by atoms with Crippen LogP contribution in [0.25, 0.3) is 0 Å². The van der Waals surface area contributed by atoms with E-state index in [0.29, 0.717) is 6.54 Å². The van der Waals surface area contributed by atoms with Crippen LogP contribution in [0.15, 0.2) is 12.2 Å². The minimum Gasteiger partial charge on any atom is -0.352 e. The Morgan fingerprint density at radius 3 is 2.67 bits per heavy atom. The highest BCUT2D eigenvalue weighted by atomic mass is 79.9. The van der Waals surface area contributed by atoms with Crippen molar-refractivity contribution in [1.82, 2.24) is 5.32 Å². The van der Waals surface area contributed by atoms with E-state index in [9.17, 15) is 9.59 Å². The summed E-state index contributed by atoms with van der Waals surface area (Å²) in [5.74, 6) is -0.191. The molecule has 12 heavy (non-hydrogen) atoms. The standard InChI is InChI=1S/C7H10BrNO2S/c8-4-5-9-6(10)2-1-3-7(11)12/h1-2H,3-5H2,(H,9,10)(H,11,12). The lowest BCUT2D eigenvalue weighted by Gasteiger charge is -1.95. The number of alkyl halides is 1. The van der Waals surface area contributed by atoms with E-state index in [2.05, 4.69) is 33.9 Å². The van der Waals surface area contributed by atoms with Crippen molar-refractivity contribution >= 4 is 39.6 Å². The van der Waals surface area contributed by atoms with Crippen LogP contribution in [0.3, 0.4) is 0 Å². The van der Waals surface area contributed by atoms with Gasteiger partial charge in [-0.1, -0.05) is 22.0 Å². The Labute approximate surface area is 85.1 Å². The second-order valence-corrected chi connectivity index (χ2v) is 3.27. The molecule has 0 unspecified atom stereocenters. The normalized spacial score (nSPS) is 10.2. The topological polar surface area (TPSA) is 46.2 Å². The predicted molar refractivity (Wildman–Crippen MR) is 54.6 cm³/mol. The average Bonchev–Trinajstić information content (AvgIpc) is 2.00. The largest absolute Gasteiger partial charge is 0.352 e. The van der Waals surface area contributed by atoms with Gasteiger partial charge in [0.05, 0.1) is 0 Å². The summed E-state index contributed by atoms with van der Waals surface area (Å²) in [5.41, 5.74) is 0. The third-order valence-corrected chi connectivity index (χ3v) is 1.53. The Balaban J connectivity index is 3.54. The molecular weight excluding hydrogens is 242 g/mol. The Morgan fingerprint density at radius 2 is 2.17 bits per heavy atom. The monoisotopic (exact) mass is 251 g/mol. The first-order valence-electron chi connectivity index (χ1n) is 3.39. The van der Waals surface area contributed by atoms with Crippen molar-refractivity contribution in [2.24, 2.45) is 0 Å².